The van der Waals surface area contributed by atoms with Crippen LogP contribution >= 0.6 is 0 Å². The summed E-state index contributed by atoms with van der Waals surface area (Å²) in [5.74, 6) is -0.491. The van der Waals surface area contributed by atoms with Crippen molar-refractivity contribution in [1.82, 2.24) is 5.32 Å². The fourth-order valence-corrected chi connectivity index (χ4v) is 3.42. The van der Waals surface area contributed by atoms with Crippen molar-refractivity contribution < 1.29 is 23.5 Å². The molecule has 2 aromatic rings. The molecule has 1 atom stereocenters. The summed E-state index contributed by atoms with van der Waals surface area (Å²) in [4.78, 5) is 37.5. The molecule has 1 heterocycles. The standard InChI is InChI=1S/C24H29NO6/c1-16(25-22(28)31-23(2,3)4)24(11-12-24)14-19(27)21-20(18(26)10-13-29-21)30-15-17-8-6-5-7-9-17/h5-10,13,16H,11-12,14-15H2,1-4H3,(H,25,28)/t16-/m1/s1. The molecule has 1 N–H and O–H groups in total. The maximum absolute atomic E-state index is 13.0. The van der Waals surface area contributed by atoms with E-state index in [-0.39, 0.29) is 41.8 Å². The number of amides is 1. The summed E-state index contributed by atoms with van der Waals surface area (Å²) >= 11 is 0. The number of Topliss-reactive ketones (excluding diaryl/α,β-unsaturated/α-hetero) is 1. The summed E-state index contributed by atoms with van der Waals surface area (Å²) in [6, 6.07) is 10.3. The minimum absolute atomic E-state index is 0.0834. The van der Waals surface area contributed by atoms with Crippen LogP contribution in [0.3, 0.4) is 0 Å². The zero-order valence-corrected chi connectivity index (χ0v) is 18.4. The summed E-state index contributed by atoms with van der Waals surface area (Å²) in [6.45, 7) is 7.39. The summed E-state index contributed by atoms with van der Waals surface area (Å²) in [5.41, 5.74) is -0.526. The van der Waals surface area contributed by atoms with Gasteiger partial charge >= 0.3 is 6.09 Å². The van der Waals surface area contributed by atoms with Crippen LogP contribution in [0, 0.1) is 5.41 Å². The van der Waals surface area contributed by atoms with E-state index < -0.39 is 17.1 Å². The minimum atomic E-state index is -0.602. The van der Waals surface area contributed by atoms with E-state index in [1.54, 1.807) is 20.8 Å². The lowest BCUT2D eigenvalue weighted by molar-refractivity contribution is 0.0479. The number of carbonyl (C=O) groups is 2. The number of benzene rings is 1. The maximum atomic E-state index is 13.0. The van der Waals surface area contributed by atoms with Gasteiger partial charge in [0.25, 0.3) is 0 Å². The van der Waals surface area contributed by atoms with Crippen LogP contribution in [-0.4, -0.2) is 23.5 Å². The zero-order valence-electron chi connectivity index (χ0n) is 18.4. The highest BCUT2D eigenvalue weighted by Crippen LogP contribution is 2.52. The molecule has 0 unspecified atom stereocenters. The lowest BCUT2D eigenvalue weighted by atomic mass is 9.90. The monoisotopic (exact) mass is 427 g/mol. The van der Waals surface area contributed by atoms with Gasteiger partial charge in [0.05, 0.1) is 6.26 Å². The van der Waals surface area contributed by atoms with Crippen molar-refractivity contribution in [3.63, 3.8) is 0 Å². The van der Waals surface area contributed by atoms with Gasteiger partial charge in [-0.3, -0.25) is 9.59 Å². The second kappa shape index (κ2) is 8.96. The Morgan fingerprint density at radius 2 is 1.84 bits per heavy atom. The van der Waals surface area contributed by atoms with Gasteiger partial charge in [0.15, 0.2) is 0 Å². The van der Waals surface area contributed by atoms with Crippen LogP contribution in [0.5, 0.6) is 5.75 Å². The molecule has 1 aliphatic rings. The molecule has 0 radical (unpaired) electrons. The number of nitrogens with one attached hydrogen (secondary N) is 1. The van der Waals surface area contributed by atoms with Gasteiger partial charge in [0.2, 0.25) is 22.7 Å². The average Bonchev–Trinajstić information content (AvgIpc) is 3.47. The van der Waals surface area contributed by atoms with Gasteiger partial charge in [0, 0.05) is 18.5 Å². The Morgan fingerprint density at radius 1 is 1.16 bits per heavy atom. The van der Waals surface area contributed by atoms with E-state index >= 15 is 0 Å². The van der Waals surface area contributed by atoms with Gasteiger partial charge in [-0.15, -0.1) is 0 Å². The summed E-state index contributed by atoms with van der Waals surface area (Å²) in [5, 5.41) is 2.83. The maximum Gasteiger partial charge on any atom is 0.407 e. The molecular formula is C24H29NO6. The largest absolute Gasteiger partial charge is 0.481 e. The second-order valence-corrected chi connectivity index (χ2v) is 9.05. The van der Waals surface area contributed by atoms with E-state index in [2.05, 4.69) is 5.32 Å². The predicted molar refractivity (Wildman–Crippen MR) is 115 cm³/mol. The van der Waals surface area contributed by atoms with Crippen LogP contribution in [0.2, 0.25) is 0 Å². The fraction of sp³-hybridized carbons (Fsp3) is 0.458. The van der Waals surface area contributed by atoms with Crippen LogP contribution < -0.4 is 15.5 Å². The Balaban J connectivity index is 1.69. The second-order valence-electron chi connectivity index (χ2n) is 9.05. The first-order valence-electron chi connectivity index (χ1n) is 10.4. The first-order valence-corrected chi connectivity index (χ1v) is 10.4. The topological polar surface area (TPSA) is 94.8 Å². The molecule has 1 aromatic carbocycles. The number of carbonyl (C=O) groups excluding carboxylic acids is 2. The molecule has 0 bridgehead atoms. The quantitative estimate of drug-likeness (QED) is 0.624. The first-order chi connectivity index (χ1) is 14.6. The molecule has 166 valence electrons. The summed E-state index contributed by atoms with van der Waals surface area (Å²) < 4.78 is 16.4. The minimum Gasteiger partial charge on any atom is -0.481 e. The van der Waals surface area contributed by atoms with Crippen molar-refractivity contribution >= 4 is 11.9 Å². The molecule has 7 nitrogen and oxygen atoms in total. The van der Waals surface area contributed by atoms with E-state index in [1.165, 1.54) is 12.3 Å². The number of ketones is 1. The molecule has 1 amide bonds. The normalized spacial score (nSPS) is 15.6. The highest BCUT2D eigenvalue weighted by atomic mass is 16.6. The van der Waals surface area contributed by atoms with Crippen molar-refractivity contribution in [3.8, 4) is 5.75 Å². The Kier molecular flexibility index (Phi) is 6.53. The van der Waals surface area contributed by atoms with E-state index in [4.69, 9.17) is 13.9 Å². The van der Waals surface area contributed by atoms with E-state index in [0.717, 1.165) is 18.4 Å². The molecule has 1 fully saturated rings. The molecule has 7 heteroatoms. The lowest BCUT2D eigenvalue weighted by Crippen LogP contribution is -2.42. The van der Waals surface area contributed by atoms with Gasteiger partial charge < -0.3 is 19.2 Å². The van der Waals surface area contributed by atoms with E-state index in [0.29, 0.717) is 0 Å². The van der Waals surface area contributed by atoms with Gasteiger partial charge in [-0.2, -0.15) is 0 Å². The van der Waals surface area contributed by atoms with Crippen molar-refractivity contribution in [2.75, 3.05) is 0 Å². The molecule has 3 rings (SSSR count). The molecule has 0 aliphatic heterocycles. The van der Waals surface area contributed by atoms with Gasteiger partial charge in [0.1, 0.15) is 12.2 Å². The molecule has 1 saturated carbocycles. The Bertz CT molecular complexity index is 985. The molecule has 31 heavy (non-hydrogen) atoms. The van der Waals surface area contributed by atoms with Gasteiger partial charge in [-0.1, -0.05) is 30.3 Å². The fourth-order valence-electron chi connectivity index (χ4n) is 3.42. The van der Waals surface area contributed by atoms with Crippen molar-refractivity contribution in [3.05, 3.63) is 64.2 Å². The van der Waals surface area contributed by atoms with Crippen LogP contribution in [0.4, 0.5) is 4.79 Å². The van der Waals surface area contributed by atoms with Crippen LogP contribution in [-0.2, 0) is 11.3 Å². The SMILES string of the molecule is C[C@@H](NC(=O)OC(C)(C)C)C1(CC(=O)c2occc(=O)c2OCc2ccccc2)CC1. The zero-order chi connectivity index (χ0) is 22.6. The summed E-state index contributed by atoms with van der Waals surface area (Å²) in [7, 11) is 0. The van der Waals surface area contributed by atoms with Crippen molar-refractivity contribution in [1.29, 1.82) is 0 Å². The number of hydrogen-bond acceptors (Lipinski definition) is 6. The molecule has 1 aliphatic carbocycles. The molecule has 1 aromatic heterocycles. The van der Waals surface area contributed by atoms with Crippen LogP contribution in [0.15, 0.2) is 51.9 Å². The van der Waals surface area contributed by atoms with Crippen LogP contribution in [0.25, 0.3) is 0 Å². The van der Waals surface area contributed by atoms with Crippen LogP contribution in [0.1, 0.15) is 63.1 Å². The molecule has 0 saturated heterocycles. The Labute approximate surface area is 181 Å². The van der Waals surface area contributed by atoms with E-state index in [1.807, 2.05) is 37.3 Å². The predicted octanol–water partition coefficient (Wildman–Crippen LogP) is 4.49. The third-order valence-electron chi connectivity index (χ3n) is 5.37. The number of rotatable bonds is 8. The number of alkyl carbamates (subject to hydrolysis) is 1. The van der Waals surface area contributed by atoms with Crippen molar-refractivity contribution in [2.45, 2.75) is 65.2 Å². The molecule has 0 spiro atoms. The lowest BCUT2D eigenvalue weighted by Gasteiger charge is -2.26. The van der Waals surface area contributed by atoms with Gasteiger partial charge in [-0.05, 0) is 51.5 Å². The third kappa shape index (κ3) is 5.96. The highest BCUT2D eigenvalue weighted by Gasteiger charge is 2.50. The first kappa shape index (κ1) is 22.6. The Morgan fingerprint density at radius 3 is 2.45 bits per heavy atom. The number of ether oxygens (including phenoxy) is 2. The van der Waals surface area contributed by atoms with Crippen molar-refractivity contribution in [2.24, 2.45) is 5.41 Å². The Hall–Kier alpha value is -3.09. The summed E-state index contributed by atoms with van der Waals surface area (Å²) in [6.07, 6.45) is 2.39. The number of hydrogen-bond donors (Lipinski definition) is 1. The third-order valence-corrected chi connectivity index (χ3v) is 5.37. The highest BCUT2D eigenvalue weighted by molar-refractivity contribution is 5.96. The van der Waals surface area contributed by atoms with E-state index in [9.17, 15) is 14.4 Å². The smallest absolute Gasteiger partial charge is 0.407 e. The molecular weight excluding hydrogens is 398 g/mol. The average molecular weight is 427 g/mol. The van der Waals surface area contributed by atoms with Gasteiger partial charge in [-0.25, -0.2) is 4.79 Å².